The van der Waals surface area contributed by atoms with Gasteiger partial charge in [-0.15, -0.1) is 0 Å². The van der Waals surface area contributed by atoms with Gasteiger partial charge in [-0.05, 0) is 60.2 Å². The fraction of sp³-hybridized carbons (Fsp3) is 0.286. The van der Waals surface area contributed by atoms with Crippen LogP contribution >= 0.6 is 11.6 Å². The van der Waals surface area contributed by atoms with Gasteiger partial charge in [0.15, 0.2) is 0 Å². The van der Waals surface area contributed by atoms with Crippen molar-refractivity contribution in [2.24, 2.45) is 5.92 Å². The van der Waals surface area contributed by atoms with Gasteiger partial charge in [-0.1, -0.05) is 54.1 Å². The van der Waals surface area contributed by atoms with Gasteiger partial charge in [0.2, 0.25) is 5.91 Å². The summed E-state index contributed by atoms with van der Waals surface area (Å²) in [5.74, 6) is -1.82. The van der Waals surface area contributed by atoms with Crippen LogP contribution in [0.2, 0.25) is 5.02 Å². The third kappa shape index (κ3) is 5.13. The molecule has 3 aromatic carbocycles. The molecule has 1 unspecified atom stereocenters. The van der Waals surface area contributed by atoms with Crippen molar-refractivity contribution in [1.82, 2.24) is 4.90 Å². The van der Waals surface area contributed by atoms with Crippen LogP contribution in [0, 0.1) is 17.6 Å². The van der Waals surface area contributed by atoms with Crippen molar-refractivity contribution in [2.45, 2.75) is 38.1 Å². The summed E-state index contributed by atoms with van der Waals surface area (Å²) in [6.07, 6.45) is 1.18. The quantitative estimate of drug-likeness (QED) is 0.430. The lowest BCUT2D eigenvalue weighted by atomic mass is 9.75. The maximum absolute atomic E-state index is 14.7. The van der Waals surface area contributed by atoms with Crippen LogP contribution in [0.4, 0.5) is 14.5 Å². The number of hydrogen-bond acceptors (Lipinski definition) is 3. The molecule has 0 radical (unpaired) electrons. The normalized spacial score (nSPS) is 22.0. The van der Waals surface area contributed by atoms with E-state index >= 15 is 0 Å². The maximum atomic E-state index is 14.7. The van der Waals surface area contributed by atoms with Crippen molar-refractivity contribution in [3.63, 3.8) is 0 Å². The molecule has 0 spiro atoms. The van der Waals surface area contributed by atoms with Crippen LogP contribution in [0.3, 0.4) is 0 Å². The maximum Gasteiger partial charge on any atom is 0.250 e. The van der Waals surface area contributed by atoms with Gasteiger partial charge in [0.25, 0.3) is 5.91 Å². The highest BCUT2D eigenvalue weighted by Crippen LogP contribution is 2.39. The lowest BCUT2D eigenvalue weighted by Gasteiger charge is -2.48. The fourth-order valence-electron chi connectivity index (χ4n) is 4.87. The zero-order chi connectivity index (χ0) is 25.2. The number of hydrogen-bond donors (Lipinski definition) is 0. The molecule has 2 amide bonds. The summed E-state index contributed by atoms with van der Waals surface area (Å²) in [4.78, 5) is 29.8. The Morgan fingerprint density at radius 3 is 2.33 bits per heavy atom. The molecule has 2 fully saturated rings. The zero-order valence-corrected chi connectivity index (χ0v) is 20.2. The molecule has 36 heavy (non-hydrogen) atoms. The Bertz CT molecular complexity index is 1250. The minimum atomic E-state index is -0.775. The Labute approximate surface area is 213 Å². The average Bonchev–Trinajstić information content (AvgIpc) is 2.84. The van der Waals surface area contributed by atoms with Crippen LogP contribution in [0.1, 0.15) is 24.0 Å². The molecule has 3 aromatic rings. The van der Waals surface area contributed by atoms with Gasteiger partial charge < -0.3 is 9.64 Å². The molecule has 1 atom stereocenters. The first-order chi connectivity index (χ1) is 17.4. The monoisotopic (exact) mass is 510 g/mol. The molecule has 1 saturated heterocycles. The van der Waals surface area contributed by atoms with Crippen molar-refractivity contribution in [3.8, 4) is 0 Å². The van der Waals surface area contributed by atoms with Gasteiger partial charge in [-0.3, -0.25) is 14.5 Å². The van der Waals surface area contributed by atoms with E-state index in [1.165, 1.54) is 34.1 Å². The van der Waals surface area contributed by atoms with E-state index in [-0.39, 0.29) is 53.5 Å². The molecule has 1 aliphatic carbocycles. The molecule has 0 N–H and O–H groups in total. The molecule has 5 rings (SSSR count). The van der Waals surface area contributed by atoms with Gasteiger partial charge in [0.05, 0.1) is 18.4 Å². The Hall–Kier alpha value is -3.29. The zero-order valence-electron chi connectivity index (χ0n) is 19.4. The van der Waals surface area contributed by atoms with Crippen molar-refractivity contribution in [2.75, 3.05) is 11.4 Å². The number of amides is 2. The van der Waals surface area contributed by atoms with Crippen LogP contribution in [0.15, 0.2) is 72.8 Å². The van der Waals surface area contributed by atoms with E-state index < -0.39 is 11.9 Å². The summed E-state index contributed by atoms with van der Waals surface area (Å²) >= 11 is 5.89. The smallest absolute Gasteiger partial charge is 0.250 e. The molecular weight excluding hydrogens is 486 g/mol. The summed E-state index contributed by atoms with van der Waals surface area (Å²) < 4.78 is 34.1. The predicted octanol–water partition coefficient (Wildman–Crippen LogP) is 5.36. The van der Waals surface area contributed by atoms with Crippen molar-refractivity contribution in [1.29, 1.82) is 0 Å². The molecule has 1 saturated carbocycles. The van der Waals surface area contributed by atoms with Crippen LogP contribution in [-0.2, 0) is 27.5 Å². The van der Waals surface area contributed by atoms with Crippen LogP contribution in [-0.4, -0.2) is 35.4 Å². The Kier molecular flexibility index (Phi) is 7.03. The van der Waals surface area contributed by atoms with E-state index in [0.717, 1.165) is 11.6 Å². The van der Waals surface area contributed by atoms with Gasteiger partial charge in [-0.25, -0.2) is 8.78 Å². The summed E-state index contributed by atoms with van der Waals surface area (Å²) in [5, 5.41) is 0.207. The first-order valence-corrected chi connectivity index (χ1v) is 12.2. The van der Waals surface area contributed by atoms with Crippen molar-refractivity contribution < 1.29 is 23.1 Å². The van der Waals surface area contributed by atoms with Crippen LogP contribution < -0.4 is 4.90 Å². The van der Waals surface area contributed by atoms with Gasteiger partial charge in [-0.2, -0.15) is 0 Å². The molecule has 2 aliphatic rings. The highest BCUT2D eigenvalue weighted by atomic mass is 35.5. The summed E-state index contributed by atoms with van der Waals surface area (Å²) in [6.45, 7) is 0.353. The topological polar surface area (TPSA) is 49.9 Å². The van der Waals surface area contributed by atoms with E-state index in [9.17, 15) is 18.4 Å². The Morgan fingerprint density at radius 2 is 1.64 bits per heavy atom. The fourth-order valence-corrected chi connectivity index (χ4v) is 5.03. The number of anilines is 1. The second-order valence-electron chi connectivity index (χ2n) is 9.26. The molecule has 186 valence electrons. The van der Waals surface area contributed by atoms with E-state index in [4.69, 9.17) is 16.3 Å². The van der Waals surface area contributed by atoms with Gasteiger partial charge >= 0.3 is 0 Å². The molecule has 0 bridgehead atoms. The third-order valence-corrected chi connectivity index (χ3v) is 7.08. The Balaban J connectivity index is 1.36. The highest BCUT2D eigenvalue weighted by Gasteiger charge is 2.49. The van der Waals surface area contributed by atoms with Gasteiger partial charge in [0, 0.05) is 11.6 Å². The van der Waals surface area contributed by atoms with Crippen LogP contribution in [0.5, 0.6) is 0 Å². The number of ether oxygens (including phenoxy) is 1. The minimum Gasteiger partial charge on any atom is -0.374 e. The molecule has 8 heteroatoms. The number of carbonyl (C=O) groups excluding carboxylic acids is 2. The van der Waals surface area contributed by atoms with E-state index in [0.29, 0.717) is 25.0 Å². The number of nitrogens with zero attached hydrogens (tertiary/aromatic N) is 2. The first-order valence-electron chi connectivity index (χ1n) is 11.8. The third-order valence-electron chi connectivity index (χ3n) is 6.84. The first kappa shape index (κ1) is 24.4. The number of halogens is 3. The van der Waals surface area contributed by atoms with Crippen molar-refractivity contribution >= 4 is 29.1 Å². The molecule has 1 heterocycles. The average molecular weight is 511 g/mol. The lowest BCUT2D eigenvalue weighted by molar-refractivity contribution is -0.151. The second kappa shape index (κ2) is 10.4. The molecule has 5 nitrogen and oxygen atoms in total. The standard InChI is InChI=1S/C28H25ClF2N2O3/c29-21-8-11-25(24(31)14-21)32-16-26(34)33(15-18-6-9-22(30)10-7-18)27(28(32)35)20-12-23(13-20)36-17-19-4-2-1-3-5-19/h1-11,14,20,23,27H,12-13,15-17H2. The molecule has 1 aliphatic heterocycles. The summed E-state index contributed by atoms with van der Waals surface area (Å²) in [7, 11) is 0. The number of benzene rings is 3. The summed E-state index contributed by atoms with van der Waals surface area (Å²) in [5.41, 5.74) is 1.80. The molecule has 0 aromatic heterocycles. The minimum absolute atomic E-state index is 0.0281. The summed E-state index contributed by atoms with van der Waals surface area (Å²) in [6, 6.07) is 18.9. The number of carbonyl (C=O) groups is 2. The SMILES string of the molecule is O=C1C(C2CC(OCc3ccccc3)C2)N(Cc2ccc(F)cc2)C(=O)CN1c1ccc(Cl)cc1F. The van der Waals surface area contributed by atoms with Crippen LogP contribution in [0.25, 0.3) is 0 Å². The van der Waals surface area contributed by atoms with Gasteiger partial charge in [0.1, 0.15) is 24.2 Å². The largest absolute Gasteiger partial charge is 0.374 e. The predicted molar refractivity (Wildman–Crippen MR) is 132 cm³/mol. The van der Waals surface area contributed by atoms with E-state index in [1.54, 1.807) is 12.1 Å². The Morgan fingerprint density at radius 1 is 0.917 bits per heavy atom. The van der Waals surface area contributed by atoms with E-state index in [2.05, 4.69) is 0 Å². The second-order valence-corrected chi connectivity index (χ2v) is 9.70. The lowest BCUT2D eigenvalue weighted by Crippen LogP contribution is -2.64. The number of rotatable bonds is 7. The van der Waals surface area contributed by atoms with E-state index in [1.807, 2.05) is 30.3 Å². The van der Waals surface area contributed by atoms with Crippen molar-refractivity contribution in [3.05, 3.63) is 101 Å². The highest BCUT2D eigenvalue weighted by molar-refractivity contribution is 6.30. The molecular formula is C28H25ClF2N2O3. The number of piperazine rings is 1.